The van der Waals surface area contributed by atoms with Gasteiger partial charge >= 0.3 is 0 Å². The van der Waals surface area contributed by atoms with Crippen molar-refractivity contribution in [3.8, 4) is 16.9 Å². The van der Waals surface area contributed by atoms with Gasteiger partial charge in [0.2, 0.25) is 11.8 Å². The van der Waals surface area contributed by atoms with Crippen molar-refractivity contribution in [3.05, 3.63) is 52.8 Å². The number of halogens is 1. The molecule has 1 fully saturated rings. The molecular formula is C25H27FN2O4. The minimum Gasteiger partial charge on any atom is -0.487 e. The summed E-state index contributed by atoms with van der Waals surface area (Å²) in [4.78, 5) is 37.8. The van der Waals surface area contributed by atoms with Gasteiger partial charge in [0.1, 0.15) is 23.7 Å². The number of benzene rings is 2. The number of ketones is 1. The third-order valence-electron chi connectivity index (χ3n) is 6.17. The molecule has 2 aromatic rings. The van der Waals surface area contributed by atoms with Gasteiger partial charge in [-0.2, -0.15) is 0 Å². The zero-order valence-electron chi connectivity index (χ0n) is 18.5. The van der Waals surface area contributed by atoms with Gasteiger partial charge in [0.05, 0.1) is 6.54 Å². The molecule has 0 radical (unpaired) electrons. The van der Waals surface area contributed by atoms with Crippen LogP contribution in [-0.2, 0) is 16.0 Å². The quantitative estimate of drug-likeness (QED) is 0.726. The van der Waals surface area contributed by atoms with E-state index in [0.29, 0.717) is 48.4 Å². The minimum atomic E-state index is -0.433. The summed E-state index contributed by atoms with van der Waals surface area (Å²) in [6, 6.07) is 7.76. The van der Waals surface area contributed by atoms with Gasteiger partial charge < -0.3 is 15.0 Å². The van der Waals surface area contributed by atoms with Crippen LogP contribution in [0.1, 0.15) is 48.2 Å². The molecule has 32 heavy (non-hydrogen) atoms. The van der Waals surface area contributed by atoms with Crippen LogP contribution >= 0.6 is 0 Å². The van der Waals surface area contributed by atoms with Gasteiger partial charge in [-0.25, -0.2) is 4.39 Å². The van der Waals surface area contributed by atoms with Gasteiger partial charge in [-0.05, 0) is 62.1 Å². The fourth-order valence-electron chi connectivity index (χ4n) is 4.61. The molecule has 1 N–H and O–H groups in total. The molecule has 2 amide bonds. The number of hydrogen-bond acceptors (Lipinski definition) is 4. The number of likely N-dealkylation sites (tertiary alicyclic amines) is 1. The first kappa shape index (κ1) is 22.0. The Morgan fingerprint density at radius 2 is 1.94 bits per heavy atom. The number of carbonyl (C=O) groups is 3. The Kier molecular flexibility index (Phi) is 6.00. The van der Waals surface area contributed by atoms with E-state index in [2.05, 4.69) is 5.32 Å². The number of nitrogens with one attached hydrogen (secondary N) is 1. The fraction of sp³-hybridized carbons (Fsp3) is 0.400. The average molecular weight is 438 g/mol. The Hall–Kier alpha value is -3.22. The number of aryl methyl sites for hydroxylation is 1. The zero-order valence-corrected chi connectivity index (χ0v) is 18.5. The number of hydrogen-bond donors (Lipinski definition) is 1. The number of nitrogens with zero attached hydrogens (tertiary/aromatic N) is 1. The molecular weight excluding hydrogens is 411 g/mol. The summed E-state index contributed by atoms with van der Waals surface area (Å²) in [5.41, 5.74) is 3.27. The zero-order chi connectivity index (χ0) is 23.0. The predicted octanol–water partition coefficient (Wildman–Crippen LogP) is 3.43. The third-order valence-corrected chi connectivity index (χ3v) is 6.17. The number of rotatable bonds is 5. The molecule has 2 aromatic carbocycles. The number of fused-ring (bicyclic) bond motifs is 1. The molecule has 0 saturated carbocycles. The second-order valence-electron chi connectivity index (χ2n) is 8.61. The van der Waals surface area contributed by atoms with Crippen molar-refractivity contribution in [2.75, 3.05) is 13.1 Å². The molecule has 1 unspecified atom stereocenters. The molecule has 0 aliphatic carbocycles. The predicted molar refractivity (Wildman–Crippen MR) is 118 cm³/mol. The molecule has 7 heteroatoms. The Balaban J connectivity index is 1.52. The van der Waals surface area contributed by atoms with E-state index in [1.165, 1.54) is 26.0 Å². The van der Waals surface area contributed by atoms with Gasteiger partial charge in [-0.1, -0.05) is 6.07 Å². The first-order chi connectivity index (χ1) is 15.2. The summed E-state index contributed by atoms with van der Waals surface area (Å²) in [5.74, 6) is -0.242. The van der Waals surface area contributed by atoms with Crippen molar-refractivity contribution < 1.29 is 23.5 Å². The van der Waals surface area contributed by atoms with Crippen LogP contribution < -0.4 is 10.1 Å². The summed E-state index contributed by atoms with van der Waals surface area (Å²) in [6.07, 6.45) is 1.77. The summed E-state index contributed by atoms with van der Waals surface area (Å²) >= 11 is 0. The minimum absolute atomic E-state index is 0.0953. The molecule has 2 heterocycles. The lowest BCUT2D eigenvalue weighted by Crippen LogP contribution is -2.47. The Labute approximate surface area is 186 Å². The van der Waals surface area contributed by atoms with Crippen LogP contribution in [0.15, 0.2) is 30.3 Å². The van der Waals surface area contributed by atoms with Gasteiger partial charge in [-0.15, -0.1) is 0 Å². The molecule has 1 saturated heterocycles. The lowest BCUT2D eigenvalue weighted by atomic mass is 9.95. The maximum absolute atomic E-state index is 14.7. The topological polar surface area (TPSA) is 75.7 Å². The largest absolute Gasteiger partial charge is 0.487 e. The summed E-state index contributed by atoms with van der Waals surface area (Å²) < 4.78 is 20.8. The maximum atomic E-state index is 14.7. The lowest BCUT2D eigenvalue weighted by Gasteiger charge is -2.23. The van der Waals surface area contributed by atoms with Crippen LogP contribution in [-0.4, -0.2) is 47.7 Å². The Morgan fingerprint density at radius 1 is 1.16 bits per heavy atom. The monoisotopic (exact) mass is 438 g/mol. The molecule has 2 aliphatic heterocycles. The van der Waals surface area contributed by atoms with Gasteiger partial charge in [-0.3, -0.25) is 14.4 Å². The summed E-state index contributed by atoms with van der Waals surface area (Å²) in [5, 5.41) is 2.92. The number of Topliss-reactive ketones (excluding diaryl/α,β-unsaturated/α-hetero) is 1. The highest BCUT2D eigenvalue weighted by Gasteiger charge is 2.33. The van der Waals surface area contributed by atoms with E-state index in [9.17, 15) is 18.8 Å². The van der Waals surface area contributed by atoms with Crippen LogP contribution in [0.5, 0.6) is 5.75 Å². The van der Waals surface area contributed by atoms with Gasteiger partial charge in [0.15, 0.2) is 5.78 Å². The summed E-state index contributed by atoms with van der Waals surface area (Å²) in [6.45, 7) is 5.76. The molecule has 4 rings (SSSR count). The number of ether oxygens (including phenoxy) is 1. The molecule has 2 aliphatic rings. The maximum Gasteiger partial charge on any atom is 0.242 e. The molecule has 168 valence electrons. The van der Waals surface area contributed by atoms with Crippen molar-refractivity contribution in [1.29, 1.82) is 0 Å². The number of amides is 2. The first-order valence-corrected chi connectivity index (χ1v) is 10.9. The first-order valence-electron chi connectivity index (χ1n) is 10.9. The lowest BCUT2D eigenvalue weighted by molar-refractivity contribution is -0.137. The standard InChI is InChI=1S/C25H27FN2O4/c1-14-9-18-11-19(13-27-25(31)23-5-4-8-28(23)16(3)30)32-24(18)21(10-14)20-12-17(15(2)29)6-7-22(20)26/h6-7,9-10,12,19,23H,4-5,8,11,13H2,1-3H3,(H,27,31)/t19?,23-/m0/s1. The fourth-order valence-corrected chi connectivity index (χ4v) is 4.61. The van der Waals surface area contributed by atoms with Crippen LogP contribution in [0.4, 0.5) is 4.39 Å². The van der Waals surface area contributed by atoms with Crippen LogP contribution in [0.25, 0.3) is 11.1 Å². The normalized spacial score (nSPS) is 19.4. The van der Waals surface area contributed by atoms with Gasteiger partial charge in [0, 0.05) is 36.6 Å². The van der Waals surface area contributed by atoms with E-state index in [4.69, 9.17) is 4.74 Å². The summed E-state index contributed by atoms with van der Waals surface area (Å²) in [7, 11) is 0. The highest BCUT2D eigenvalue weighted by atomic mass is 19.1. The van der Waals surface area contributed by atoms with Crippen LogP contribution in [0, 0.1) is 12.7 Å². The highest BCUT2D eigenvalue weighted by Crippen LogP contribution is 2.41. The van der Waals surface area contributed by atoms with Crippen molar-refractivity contribution in [2.45, 2.75) is 52.2 Å². The average Bonchev–Trinajstić information content (AvgIpc) is 3.38. The van der Waals surface area contributed by atoms with Crippen molar-refractivity contribution in [1.82, 2.24) is 10.2 Å². The highest BCUT2D eigenvalue weighted by molar-refractivity contribution is 5.95. The molecule has 6 nitrogen and oxygen atoms in total. The third kappa shape index (κ3) is 4.24. The van der Waals surface area contributed by atoms with E-state index in [0.717, 1.165) is 17.5 Å². The van der Waals surface area contributed by atoms with Crippen LogP contribution in [0.3, 0.4) is 0 Å². The Bertz CT molecular complexity index is 1100. The van der Waals surface area contributed by atoms with E-state index in [-0.39, 0.29) is 23.7 Å². The van der Waals surface area contributed by atoms with Crippen molar-refractivity contribution in [3.63, 3.8) is 0 Å². The van der Waals surface area contributed by atoms with E-state index in [1.807, 2.05) is 19.1 Å². The van der Waals surface area contributed by atoms with E-state index < -0.39 is 11.9 Å². The second-order valence-corrected chi connectivity index (χ2v) is 8.61. The second kappa shape index (κ2) is 8.73. The Morgan fingerprint density at radius 3 is 2.66 bits per heavy atom. The van der Waals surface area contributed by atoms with Crippen molar-refractivity contribution in [2.24, 2.45) is 0 Å². The van der Waals surface area contributed by atoms with Gasteiger partial charge in [0.25, 0.3) is 0 Å². The molecule has 0 spiro atoms. The number of carbonyl (C=O) groups excluding carboxylic acids is 3. The molecule has 0 bridgehead atoms. The van der Waals surface area contributed by atoms with Crippen molar-refractivity contribution >= 4 is 17.6 Å². The van der Waals surface area contributed by atoms with Crippen LogP contribution in [0.2, 0.25) is 0 Å². The van der Waals surface area contributed by atoms with E-state index >= 15 is 0 Å². The molecule has 2 atom stereocenters. The SMILES string of the molecule is CC(=O)c1ccc(F)c(-c2cc(C)cc3c2OC(CNC(=O)[C@@H]2CCCN2C(C)=O)C3)c1. The molecule has 0 aromatic heterocycles. The smallest absolute Gasteiger partial charge is 0.242 e. The van der Waals surface area contributed by atoms with E-state index in [1.54, 1.807) is 11.0 Å².